The summed E-state index contributed by atoms with van der Waals surface area (Å²) in [5, 5.41) is 8.41. The zero-order valence-electron chi connectivity index (χ0n) is 19.8. The summed E-state index contributed by atoms with van der Waals surface area (Å²) in [4.78, 5) is 37.2. The van der Waals surface area contributed by atoms with Crippen LogP contribution in [0.4, 0.5) is 9.59 Å². The van der Waals surface area contributed by atoms with E-state index in [2.05, 4.69) is 11.0 Å². The summed E-state index contributed by atoms with van der Waals surface area (Å²) in [5.74, 6) is -0.833. The minimum Gasteiger partial charge on any atom is -0.481 e. The molecule has 1 N–H and O–H groups in total. The van der Waals surface area contributed by atoms with Gasteiger partial charge in [0.25, 0.3) is 5.97 Å². The van der Waals surface area contributed by atoms with Crippen LogP contribution in [0.3, 0.4) is 0 Å². The molecule has 1 aromatic carbocycles. The van der Waals surface area contributed by atoms with Crippen molar-refractivity contribution in [3.8, 4) is 0 Å². The molecule has 2 heterocycles. The molecule has 1 atom stereocenters. The minimum absolute atomic E-state index is 0.122. The predicted molar refractivity (Wildman–Crippen MR) is 121 cm³/mol. The van der Waals surface area contributed by atoms with E-state index in [9.17, 15) is 9.59 Å². The first-order valence-corrected chi connectivity index (χ1v) is 10.4. The van der Waals surface area contributed by atoms with E-state index < -0.39 is 17.7 Å². The summed E-state index contributed by atoms with van der Waals surface area (Å²) in [7, 11) is 5.78. The van der Waals surface area contributed by atoms with E-state index in [-0.39, 0.29) is 12.1 Å². The number of carboxylic acids is 1. The number of cyclic esters (lactones) is 1. The van der Waals surface area contributed by atoms with E-state index in [0.717, 1.165) is 41.9 Å². The van der Waals surface area contributed by atoms with Gasteiger partial charge in [0, 0.05) is 32.1 Å². The molecular weight excluding hydrogens is 414 g/mol. The smallest absolute Gasteiger partial charge is 0.419 e. The molecule has 1 amide bonds. The molecule has 2 aromatic rings. The maximum absolute atomic E-state index is 12.7. The Morgan fingerprint density at radius 1 is 1.28 bits per heavy atom. The quantitative estimate of drug-likeness (QED) is 0.762. The number of hydrogen-bond acceptors (Lipinski definition) is 6. The van der Waals surface area contributed by atoms with Gasteiger partial charge < -0.3 is 24.4 Å². The Morgan fingerprint density at radius 3 is 2.41 bits per heavy atom. The molecule has 0 radical (unpaired) electrons. The van der Waals surface area contributed by atoms with Gasteiger partial charge in [0.15, 0.2) is 0 Å². The predicted octanol–water partition coefficient (Wildman–Crippen LogP) is 3.74. The number of carboxylic acid groups (broad SMARTS) is 1. The Labute approximate surface area is 188 Å². The number of aromatic nitrogens is 1. The van der Waals surface area contributed by atoms with Crippen LogP contribution in [-0.2, 0) is 20.7 Å². The molecule has 32 heavy (non-hydrogen) atoms. The van der Waals surface area contributed by atoms with Crippen LogP contribution in [0.2, 0.25) is 0 Å². The normalized spacial score (nSPS) is 16.1. The van der Waals surface area contributed by atoms with Gasteiger partial charge in [0.1, 0.15) is 12.2 Å². The summed E-state index contributed by atoms with van der Waals surface area (Å²) in [5.41, 5.74) is 2.31. The van der Waals surface area contributed by atoms with Crippen molar-refractivity contribution in [2.45, 2.75) is 45.8 Å². The number of amides is 1. The molecule has 1 fully saturated rings. The maximum atomic E-state index is 12.7. The van der Waals surface area contributed by atoms with Crippen LogP contribution in [0.5, 0.6) is 0 Å². The molecule has 0 saturated carbocycles. The van der Waals surface area contributed by atoms with Crippen LogP contribution < -0.4 is 0 Å². The molecule has 0 aliphatic carbocycles. The molecule has 9 heteroatoms. The molecule has 1 unspecified atom stereocenters. The largest absolute Gasteiger partial charge is 0.481 e. The van der Waals surface area contributed by atoms with Crippen molar-refractivity contribution in [2.24, 2.45) is 0 Å². The number of carbonyl (C=O) groups excluding carboxylic acids is 2. The maximum Gasteiger partial charge on any atom is 0.419 e. The highest BCUT2D eigenvalue weighted by Crippen LogP contribution is 2.31. The lowest BCUT2D eigenvalue weighted by molar-refractivity contribution is -0.134. The monoisotopic (exact) mass is 447 g/mol. The van der Waals surface area contributed by atoms with Crippen LogP contribution in [-0.4, -0.2) is 77.5 Å². The average Bonchev–Trinajstić information content (AvgIpc) is 3.18. The van der Waals surface area contributed by atoms with Crippen molar-refractivity contribution in [3.05, 3.63) is 35.5 Å². The van der Waals surface area contributed by atoms with E-state index in [4.69, 9.17) is 19.4 Å². The highest BCUT2D eigenvalue weighted by molar-refractivity contribution is 5.92. The zero-order chi connectivity index (χ0) is 24.2. The fourth-order valence-electron chi connectivity index (χ4n) is 3.34. The van der Waals surface area contributed by atoms with E-state index in [1.54, 1.807) is 16.5 Å². The molecule has 1 saturated heterocycles. The Bertz CT molecular complexity index is 986. The van der Waals surface area contributed by atoms with Gasteiger partial charge in [0.2, 0.25) is 0 Å². The second-order valence-electron chi connectivity index (χ2n) is 9.06. The Balaban J connectivity index is 0.000000837. The van der Waals surface area contributed by atoms with Crippen LogP contribution in [0.15, 0.2) is 24.4 Å². The van der Waals surface area contributed by atoms with Gasteiger partial charge in [-0.2, -0.15) is 0 Å². The topological polar surface area (TPSA) is 101 Å². The van der Waals surface area contributed by atoms with Crippen molar-refractivity contribution < 1.29 is 29.0 Å². The third-order valence-corrected chi connectivity index (χ3v) is 4.83. The average molecular weight is 448 g/mol. The fourth-order valence-corrected chi connectivity index (χ4v) is 3.34. The van der Waals surface area contributed by atoms with E-state index in [1.165, 1.54) is 0 Å². The second-order valence-corrected chi connectivity index (χ2v) is 9.06. The SMILES string of the molecule is CC(=O)O.CN(C)CCc1cn(C(=O)OC(C)(C)C)c2ccc(C3COC(=O)N3C)cc12. The first-order chi connectivity index (χ1) is 14.8. The molecule has 0 bridgehead atoms. The third-order valence-electron chi connectivity index (χ3n) is 4.83. The molecule has 176 valence electrons. The van der Waals surface area contributed by atoms with Crippen molar-refractivity contribution in [3.63, 3.8) is 0 Å². The van der Waals surface area contributed by atoms with Gasteiger partial charge in [-0.05, 0) is 64.5 Å². The first-order valence-electron chi connectivity index (χ1n) is 10.4. The molecule has 3 rings (SSSR count). The lowest BCUT2D eigenvalue weighted by Crippen LogP contribution is -2.26. The lowest BCUT2D eigenvalue weighted by atomic mass is 10.0. The summed E-state index contributed by atoms with van der Waals surface area (Å²) in [6, 6.07) is 5.81. The van der Waals surface area contributed by atoms with Crippen molar-refractivity contribution in [1.82, 2.24) is 14.4 Å². The van der Waals surface area contributed by atoms with Gasteiger partial charge in [-0.1, -0.05) is 6.07 Å². The molecule has 1 aliphatic rings. The van der Waals surface area contributed by atoms with Gasteiger partial charge in [-0.15, -0.1) is 0 Å². The minimum atomic E-state index is -0.833. The zero-order valence-corrected chi connectivity index (χ0v) is 19.8. The molecule has 1 aromatic heterocycles. The highest BCUT2D eigenvalue weighted by Gasteiger charge is 2.31. The summed E-state index contributed by atoms with van der Waals surface area (Å²) < 4.78 is 12.3. The number of aliphatic carboxylic acids is 1. The van der Waals surface area contributed by atoms with Crippen molar-refractivity contribution >= 4 is 29.1 Å². The number of fused-ring (bicyclic) bond motifs is 1. The van der Waals surface area contributed by atoms with Gasteiger partial charge in [0.05, 0.1) is 11.6 Å². The van der Waals surface area contributed by atoms with Crippen molar-refractivity contribution in [1.29, 1.82) is 0 Å². The van der Waals surface area contributed by atoms with Crippen LogP contribution in [0, 0.1) is 0 Å². The van der Waals surface area contributed by atoms with E-state index >= 15 is 0 Å². The number of rotatable bonds is 4. The Kier molecular flexibility index (Phi) is 7.90. The van der Waals surface area contributed by atoms with Crippen molar-refractivity contribution in [2.75, 3.05) is 34.3 Å². The van der Waals surface area contributed by atoms with Gasteiger partial charge in [-0.3, -0.25) is 9.36 Å². The fraction of sp³-hybridized carbons (Fsp3) is 0.522. The van der Waals surface area contributed by atoms with Crippen LogP contribution in [0.1, 0.15) is 44.9 Å². The second kappa shape index (κ2) is 10.0. The highest BCUT2D eigenvalue weighted by atomic mass is 16.6. The van der Waals surface area contributed by atoms with E-state index in [1.807, 2.05) is 53.2 Å². The van der Waals surface area contributed by atoms with Crippen LogP contribution >= 0.6 is 0 Å². The summed E-state index contributed by atoms with van der Waals surface area (Å²) in [6.45, 7) is 7.85. The summed E-state index contributed by atoms with van der Waals surface area (Å²) in [6.07, 6.45) is 1.96. The Hall–Kier alpha value is -3.07. The number of likely N-dealkylation sites (N-methyl/N-ethyl adjacent to an activating group) is 2. The van der Waals surface area contributed by atoms with Crippen LogP contribution in [0.25, 0.3) is 10.9 Å². The number of carbonyl (C=O) groups is 3. The van der Waals surface area contributed by atoms with Gasteiger partial charge >= 0.3 is 12.2 Å². The molecular formula is C23H33N3O6. The number of nitrogens with zero attached hydrogens (tertiary/aromatic N) is 3. The molecule has 0 spiro atoms. The standard InChI is InChI=1S/C21H29N3O4.C2H4O2/c1-21(2,3)28-20(26)24-12-15(9-10-22(4)5)16-11-14(7-8-17(16)24)18-13-27-19(25)23(18)6;1-2(3)4/h7-8,11-12,18H,9-10,13H2,1-6H3;1H3,(H,3,4). The number of ether oxygens (including phenoxy) is 2. The lowest BCUT2D eigenvalue weighted by Gasteiger charge is -2.20. The third kappa shape index (κ3) is 6.46. The molecule has 1 aliphatic heterocycles. The summed E-state index contributed by atoms with van der Waals surface area (Å²) >= 11 is 0. The molecule has 9 nitrogen and oxygen atoms in total. The van der Waals surface area contributed by atoms with Gasteiger partial charge in [-0.25, -0.2) is 9.59 Å². The first kappa shape index (κ1) is 25.2. The number of benzene rings is 1. The number of hydrogen-bond donors (Lipinski definition) is 1. The van der Waals surface area contributed by atoms with E-state index in [0.29, 0.717) is 6.61 Å². The Morgan fingerprint density at radius 2 is 1.91 bits per heavy atom.